The fourth-order valence-corrected chi connectivity index (χ4v) is 10.0. The maximum absolute atomic E-state index is 14.5. The van der Waals surface area contributed by atoms with Gasteiger partial charge < -0.3 is 26.0 Å². The number of rotatable bonds is 7. The zero-order valence-corrected chi connectivity index (χ0v) is 26.1. The first-order chi connectivity index (χ1) is 21.2. The van der Waals surface area contributed by atoms with E-state index in [4.69, 9.17) is 26.2 Å². The summed E-state index contributed by atoms with van der Waals surface area (Å²) in [6, 6.07) is 4.39. The van der Waals surface area contributed by atoms with Crippen LogP contribution in [0.25, 0.3) is 0 Å². The van der Waals surface area contributed by atoms with E-state index in [1.54, 1.807) is 18.0 Å². The summed E-state index contributed by atoms with van der Waals surface area (Å²) in [5, 5.41) is 20.9. The highest BCUT2D eigenvalue weighted by Gasteiger charge is 2.54. The van der Waals surface area contributed by atoms with E-state index < -0.39 is 6.17 Å². The van der Waals surface area contributed by atoms with Gasteiger partial charge in [0.1, 0.15) is 47.0 Å². The molecule has 1 spiro atoms. The predicted octanol–water partition coefficient (Wildman–Crippen LogP) is 3.35. The molecule has 0 saturated carbocycles. The molecule has 3 atom stereocenters. The van der Waals surface area contributed by atoms with Crippen LogP contribution in [-0.4, -0.2) is 76.4 Å². The Morgan fingerprint density at radius 1 is 1.20 bits per heavy atom. The molecule has 7 heterocycles. The summed E-state index contributed by atoms with van der Waals surface area (Å²) < 4.78 is 20.5. The van der Waals surface area contributed by atoms with Crippen molar-refractivity contribution in [2.45, 2.75) is 54.4 Å². The van der Waals surface area contributed by atoms with Crippen molar-refractivity contribution in [2.24, 2.45) is 0 Å². The van der Waals surface area contributed by atoms with Gasteiger partial charge in [-0.15, -0.1) is 23.1 Å². The van der Waals surface area contributed by atoms with Gasteiger partial charge in [-0.3, -0.25) is 9.88 Å². The number of fused-ring (bicyclic) bond motifs is 3. The van der Waals surface area contributed by atoms with E-state index in [0.29, 0.717) is 65.3 Å². The fraction of sp³-hybridized carbons (Fsp3) is 0.517. The summed E-state index contributed by atoms with van der Waals surface area (Å²) in [7, 11) is 1.82. The summed E-state index contributed by atoms with van der Waals surface area (Å²) >= 11 is 3.28. The minimum Gasteiger partial charge on any atom is -0.461 e. The molecule has 228 valence electrons. The molecule has 3 fully saturated rings. The van der Waals surface area contributed by atoms with E-state index >= 15 is 0 Å². The van der Waals surface area contributed by atoms with Crippen molar-refractivity contribution in [3.05, 3.63) is 39.7 Å². The van der Waals surface area contributed by atoms with Crippen LogP contribution in [0.2, 0.25) is 0 Å². The van der Waals surface area contributed by atoms with Crippen LogP contribution in [0.3, 0.4) is 0 Å². The van der Waals surface area contributed by atoms with Crippen LogP contribution < -0.4 is 26.0 Å². The Morgan fingerprint density at radius 2 is 1.98 bits per heavy atom. The number of thioether (sulfide) groups is 1. The summed E-state index contributed by atoms with van der Waals surface area (Å²) in [5.74, 6) is 1.91. The Labute approximate surface area is 262 Å². The molecule has 0 amide bonds. The quantitative estimate of drug-likeness (QED) is 0.389. The average Bonchev–Trinajstić information content (AvgIpc) is 3.72. The second kappa shape index (κ2) is 10.6. The number of nitrogens with zero attached hydrogens (tertiary/aromatic N) is 9. The van der Waals surface area contributed by atoms with Gasteiger partial charge in [0.2, 0.25) is 0 Å². The first-order valence-corrected chi connectivity index (χ1v) is 16.3. The first kappa shape index (κ1) is 28.8. The third kappa shape index (κ3) is 4.40. The summed E-state index contributed by atoms with van der Waals surface area (Å²) in [6.45, 7) is 4.55. The molecular weight excluding hydrogens is 602 g/mol. The smallest absolute Gasteiger partial charge is 0.320 e. The molecule has 0 aliphatic carbocycles. The molecule has 1 unspecified atom stereocenters. The van der Waals surface area contributed by atoms with Crippen molar-refractivity contribution in [1.29, 1.82) is 10.5 Å². The Morgan fingerprint density at radius 3 is 2.73 bits per heavy atom. The van der Waals surface area contributed by atoms with Gasteiger partial charge in [0, 0.05) is 61.7 Å². The summed E-state index contributed by atoms with van der Waals surface area (Å²) in [5.41, 5.74) is 14.4. The number of halogens is 1. The van der Waals surface area contributed by atoms with Crippen LogP contribution >= 0.6 is 23.1 Å². The molecule has 0 bridgehead atoms. The molecule has 7 rings (SSSR count). The summed E-state index contributed by atoms with van der Waals surface area (Å²) in [4.78, 5) is 25.3. The third-order valence-corrected chi connectivity index (χ3v) is 12.2. The number of nitriles is 2. The summed E-state index contributed by atoms with van der Waals surface area (Å²) in [6.07, 6.45) is 4.49. The van der Waals surface area contributed by atoms with Gasteiger partial charge in [-0.05, 0) is 26.3 Å². The van der Waals surface area contributed by atoms with E-state index in [2.05, 4.69) is 27.0 Å². The van der Waals surface area contributed by atoms with Gasteiger partial charge in [-0.25, -0.2) is 9.37 Å². The second-order valence-corrected chi connectivity index (χ2v) is 14.5. The molecular formula is C29H32FN11OS2. The van der Waals surface area contributed by atoms with E-state index in [-0.39, 0.29) is 28.9 Å². The highest BCUT2D eigenvalue weighted by molar-refractivity contribution is 8.00. The van der Waals surface area contributed by atoms with Gasteiger partial charge in [-0.1, -0.05) is 0 Å². The van der Waals surface area contributed by atoms with Crippen LogP contribution in [0, 0.1) is 22.7 Å². The molecule has 15 heteroatoms. The molecule has 3 aromatic heterocycles. The number of aromatic nitrogens is 4. The lowest BCUT2D eigenvalue weighted by molar-refractivity contribution is 0.107. The maximum atomic E-state index is 14.5. The third-order valence-electron chi connectivity index (χ3n) is 9.51. The van der Waals surface area contributed by atoms with E-state index in [1.165, 1.54) is 17.5 Å². The number of nitrogens with two attached hydrogens (primary N) is 2. The van der Waals surface area contributed by atoms with Gasteiger partial charge >= 0.3 is 6.01 Å². The van der Waals surface area contributed by atoms with Crippen molar-refractivity contribution in [1.82, 2.24) is 24.8 Å². The maximum Gasteiger partial charge on any atom is 0.320 e. The van der Waals surface area contributed by atoms with Crippen LogP contribution in [0.15, 0.2) is 12.4 Å². The predicted molar refractivity (Wildman–Crippen MR) is 167 cm³/mol. The molecule has 3 saturated heterocycles. The molecule has 3 aromatic rings. The van der Waals surface area contributed by atoms with Gasteiger partial charge in [0.25, 0.3) is 0 Å². The van der Waals surface area contributed by atoms with E-state index in [9.17, 15) is 14.9 Å². The minimum absolute atomic E-state index is 0.127. The monoisotopic (exact) mass is 633 g/mol. The van der Waals surface area contributed by atoms with Gasteiger partial charge in [0.15, 0.2) is 11.6 Å². The number of thiophene rings is 1. The van der Waals surface area contributed by atoms with Crippen LogP contribution in [0.5, 0.6) is 6.01 Å². The lowest BCUT2D eigenvalue weighted by Crippen LogP contribution is -2.57. The Hall–Kier alpha value is -3.92. The van der Waals surface area contributed by atoms with Crippen LogP contribution in [0.4, 0.5) is 26.8 Å². The Kier molecular flexibility index (Phi) is 6.95. The molecule has 0 aromatic carbocycles. The largest absolute Gasteiger partial charge is 0.461 e. The molecule has 12 nitrogen and oxygen atoms in total. The highest BCUT2D eigenvalue weighted by Crippen LogP contribution is 2.58. The van der Waals surface area contributed by atoms with Crippen molar-refractivity contribution in [3.63, 3.8) is 0 Å². The minimum atomic E-state index is -0.883. The SMILES string of the molecule is CC(c1nccnc1N)N(C)c1nc(OC[C@@]23CCCN2C[C@H](F)C3)nc(N2CC3(C2)SCc2sc(N)c(C#N)c23)c1C#N. The standard InChI is InChI=1S/C29H32FN11OS2/c1-16(22-23(33)36-6-5-35-22)39(2)25-19(10-32)26(38-27(37-25)42-15-28-4-3-7-41(28)11-17(30)8-28)40-13-29(14-40)21-18(9-31)24(34)44-20(21)12-43-29/h5-6,16-17H,3-4,7-8,11-15,34H2,1-2H3,(H2,33,36)/t16?,17-,28+/m1/s1. The van der Waals surface area contributed by atoms with Crippen molar-refractivity contribution in [3.8, 4) is 18.1 Å². The molecule has 4 aliphatic rings. The zero-order valence-electron chi connectivity index (χ0n) is 24.5. The Balaban J connectivity index is 1.25. The molecule has 4 N–H and O–H groups in total. The second-order valence-electron chi connectivity index (χ2n) is 12.0. The molecule has 4 aliphatic heterocycles. The number of ether oxygens (including phenoxy) is 1. The average molecular weight is 634 g/mol. The number of alkyl halides is 1. The Bertz CT molecular complexity index is 1710. The topological polar surface area (TPSA) is 170 Å². The fourth-order valence-electron chi connectivity index (χ4n) is 7.20. The molecule has 0 radical (unpaired) electrons. The van der Waals surface area contributed by atoms with Crippen LogP contribution in [-0.2, 0) is 10.5 Å². The zero-order chi connectivity index (χ0) is 30.8. The van der Waals surface area contributed by atoms with Gasteiger partial charge in [0.05, 0.1) is 21.9 Å². The normalized spacial score (nSPS) is 23.9. The highest BCUT2D eigenvalue weighted by atomic mass is 32.2. The van der Waals surface area contributed by atoms with E-state index in [1.807, 2.05) is 23.8 Å². The number of anilines is 4. The molecule has 44 heavy (non-hydrogen) atoms. The van der Waals surface area contributed by atoms with Crippen molar-refractivity contribution < 1.29 is 9.13 Å². The number of hydrogen-bond donors (Lipinski definition) is 2. The lowest BCUT2D eigenvalue weighted by Gasteiger charge is -2.48. The van der Waals surface area contributed by atoms with Gasteiger partial charge in [-0.2, -0.15) is 20.5 Å². The van der Waals surface area contributed by atoms with E-state index in [0.717, 1.165) is 35.6 Å². The first-order valence-electron chi connectivity index (χ1n) is 14.5. The van der Waals surface area contributed by atoms with Crippen molar-refractivity contribution in [2.75, 3.05) is 61.1 Å². The van der Waals surface area contributed by atoms with Crippen molar-refractivity contribution >= 4 is 45.6 Å². The lowest BCUT2D eigenvalue weighted by atomic mass is 9.88. The number of hydrogen-bond acceptors (Lipinski definition) is 14. The number of nitrogen functional groups attached to an aromatic ring is 2. The van der Waals surface area contributed by atoms with Crippen LogP contribution in [0.1, 0.15) is 59.5 Å².